The molecule has 0 spiro atoms. The number of esters is 1. The smallest absolute Gasteiger partial charge is 0.407 e. The maximum atomic E-state index is 12.2. The van der Waals surface area contributed by atoms with Crippen LogP contribution in [-0.4, -0.2) is 47.0 Å². The molecule has 0 bridgehead atoms. The highest BCUT2D eigenvalue weighted by Crippen LogP contribution is 2.25. The lowest BCUT2D eigenvalue weighted by Gasteiger charge is -2.22. The quantitative estimate of drug-likeness (QED) is 0.495. The first-order valence-electron chi connectivity index (χ1n) is 8.76. The number of nitrogens with one attached hydrogen (secondary N) is 1. The number of rotatable bonds is 9. The van der Waals surface area contributed by atoms with Crippen molar-refractivity contribution >= 4 is 41.2 Å². The maximum Gasteiger partial charge on any atom is 0.407 e. The first-order valence-corrected chi connectivity index (χ1v) is 9.51. The van der Waals surface area contributed by atoms with Gasteiger partial charge in [0.1, 0.15) is 19.3 Å². The number of amides is 1. The number of benzene rings is 2. The van der Waals surface area contributed by atoms with Crippen LogP contribution in [0.1, 0.15) is 22.3 Å². The standard InChI is InChI=1S/C20H19Cl2NO7/c21-13-7-4-8-14(22)18(13)19(27)29-11-16(24)15(9-17(25)26)23-20(28)30-10-12-5-2-1-3-6-12/h1-8,15-16,24H,9-11H2,(H,23,28)(H,25,26)/t15-,16?/m0/s1. The average Bonchev–Trinajstić information content (AvgIpc) is 2.70. The van der Waals surface area contributed by atoms with Crippen molar-refractivity contribution in [3.05, 3.63) is 69.7 Å². The monoisotopic (exact) mass is 455 g/mol. The van der Waals surface area contributed by atoms with Crippen molar-refractivity contribution in [1.82, 2.24) is 5.32 Å². The van der Waals surface area contributed by atoms with Crippen LogP contribution >= 0.6 is 23.2 Å². The van der Waals surface area contributed by atoms with Gasteiger partial charge in [0.05, 0.1) is 28.1 Å². The summed E-state index contributed by atoms with van der Waals surface area (Å²) in [6.07, 6.45) is -3.06. The maximum absolute atomic E-state index is 12.2. The number of carbonyl (C=O) groups is 3. The molecule has 0 heterocycles. The van der Waals surface area contributed by atoms with Gasteiger partial charge in [-0.1, -0.05) is 59.6 Å². The number of halogens is 2. The third kappa shape index (κ3) is 7.22. The summed E-state index contributed by atoms with van der Waals surface area (Å²) in [5.74, 6) is -2.17. The Morgan fingerprint density at radius 3 is 2.20 bits per heavy atom. The van der Waals surface area contributed by atoms with Gasteiger partial charge in [-0.2, -0.15) is 0 Å². The Balaban J connectivity index is 1.94. The van der Waals surface area contributed by atoms with E-state index in [1.165, 1.54) is 12.1 Å². The molecule has 0 saturated carbocycles. The van der Waals surface area contributed by atoms with E-state index >= 15 is 0 Å². The Hall–Kier alpha value is -2.81. The van der Waals surface area contributed by atoms with E-state index < -0.39 is 43.2 Å². The number of hydrogen-bond acceptors (Lipinski definition) is 6. The Morgan fingerprint density at radius 2 is 1.60 bits per heavy atom. The van der Waals surface area contributed by atoms with Crippen molar-refractivity contribution in [3.8, 4) is 0 Å². The first-order chi connectivity index (χ1) is 14.3. The lowest BCUT2D eigenvalue weighted by molar-refractivity contribution is -0.138. The summed E-state index contributed by atoms with van der Waals surface area (Å²) in [5.41, 5.74) is 0.645. The molecule has 30 heavy (non-hydrogen) atoms. The van der Waals surface area contributed by atoms with E-state index in [4.69, 9.17) is 37.8 Å². The van der Waals surface area contributed by atoms with Gasteiger partial charge < -0.3 is 25.0 Å². The van der Waals surface area contributed by atoms with Gasteiger partial charge in [0.15, 0.2) is 0 Å². The molecule has 8 nitrogen and oxygen atoms in total. The molecule has 0 aliphatic heterocycles. The highest BCUT2D eigenvalue weighted by atomic mass is 35.5. The molecule has 3 N–H and O–H groups in total. The van der Waals surface area contributed by atoms with Crippen molar-refractivity contribution in [3.63, 3.8) is 0 Å². The molecule has 2 rings (SSSR count). The molecular weight excluding hydrogens is 437 g/mol. The van der Waals surface area contributed by atoms with Crippen LogP contribution < -0.4 is 5.32 Å². The molecule has 0 aromatic heterocycles. The molecule has 10 heteroatoms. The van der Waals surface area contributed by atoms with E-state index in [0.717, 1.165) is 5.56 Å². The summed E-state index contributed by atoms with van der Waals surface area (Å²) in [7, 11) is 0. The number of aliphatic hydroxyl groups excluding tert-OH is 1. The molecule has 1 amide bonds. The number of ether oxygens (including phenoxy) is 2. The Morgan fingerprint density at radius 1 is 0.967 bits per heavy atom. The average molecular weight is 456 g/mol. The van der Waals surface area contributed by atoms with Gasteiger partial charge in [-0.3, -0.25) is 4.79 Å². The summed E-state index contributed by atoms with van der Waals surface area (Å²) in [6, 6.07) is 12.0. The summed E-state index contributed by atoms with van der Waals surface area (Å²) in [5, 5.41) is 21.7. The number of aliphatic carboxylic acids is 1. The van der Waals surface area contributed by atoms with Crippen molar-refractivity contribution < 1.29 is 34.1 Å². The van der Waals surface area contributed by atoms with E-state index in [1.807, 2.05) is 0 Å². The zero-order valence-corrected chi connectivity index (χ0v) is 17.1. The fraction of sp³-hybridized carbons (Fsp3) is 0.250. The van der Waals surface area contributed by atoms with Crippen LogP contribution in [0.5, 0.6) is 0 Å². The van der Waals surface area contributed by atoms with E-state index in [1.54, 1.807) is 36.4 Å². The van der Waals surface area contributed by atoms with Gasteiger partial charge >= 0.3 is 18.0 Å². The predicted octanol–water partition coefficient (Wildman–Crippen LogP) is 3.28. The minimum Gasteiger partial charge on any atom is -0.481 e. The number of aliphatic hydroxyl groups is 1. The topological polar surface area (TPSA) is 122 Å². The second kappa shape index (κ2) is 11.4. The molecule has 2 aromatic rings. The van der Waals surface area contributed by atoms with Crippen molar-refractivity contribution in [2.75, 3.05) is 6.61 Å². The van der Waals surface area contributed by atoms with Crippen LogP contribution in [0.4, 0.5) is 4.79 Å². The minimum absolute atomic E-state index is 0.0391. The van der Waals surface area contributed by atoms with E-state index in [2.05, 4.69) is 5.32 Å². The molecule has 0 aliphatic carbocycles. The fourth-order valence-electron chi connectivity index (χ4n) is 2.43. The van der Waals surface area contributed by atoms with Crippen LogP contribution in [0, 0.1) is 0 Å². The summed E-state index contributed by atoms with van der Waals surface area (Å²) in [6.45, 7) is -0.639. The SMILES string of the molecule is O=C(O)C[C@H](NC(=O)OCc1ccccc1)C(O)COC(=O)c1c(Cl)cccc1Cl. The van der Waals surface area contributed by atoms with Gasteiger partial charge in [0.25, 0.3) is 0 Å². The third-order valence-corrected chi connectivity index (χ3v) is 4.56. The normalized spacial score (nSPS) is 12.5. The molecule has 2 aromatic carbocycles. The van der Waals surface area contributed by atoms with Crippen LogP contribution in [-0.2, 0) is 20.9 Å². The molecule has 0 aliphatic rings. The van der Waals surface area contributed by atoms with Crippen LogP contribution in [0.25, 0.3) is 0 Å². The molecule has 160 valence electrons. The van der Waals surface area contributed by atoms with Gasteiger partial charge in [0, 0.05) is 0 Å². The third-order valence-electron chi connectivity index (χ3n) is 3.93. The van der Waals surface area contributed by atoms with Gasteiger partial charge in [0.2, 0.25) is 0 Å². The zero-order valence-electron chi connectivity index (χ0n) is 15.6. The summed E-state index contributed by atoms with van der Waals surface area (Å²) in [4.78, 5) is 35.2. The molecule has 0 saturated heterocycles. The van der Waals surface area contributed by atoms with Crippen molar-refractivity contribution in [1.29, 1.82) is 0 Å². The van der Waals surface area contributed by atoms with Gasteiger partial charge in [-0.25, -0.2) is 9.59 Å². The van der Waals surface area contributed by atoms with Crippen LogP contribution in [0.3, 0.4) is 0 Å². The van der Waals surface area contributed by atoms with Crippen LogP contribution in [0.15, 0.2) is 48.5 Å². The molecule has 0 fully saturated rings. The van der Waals surface area contributed by atoms with E-state index in [0.29, 0.717) is 0 Å². The first kappa shape index (κ1) is 23.5. The highest BCUT2D eigenvalue weighted by Gasteiger charge is 2.27. The highest BCUT2D eigenvalue weighted by molar-refractivity contribution is 6.39. The second-order valence-corrected chi connectivity index (χ2v) is 6.99. The zero-order chi connectivity index (χ0) is 22.1. The predicted molar refractivity (Wildman–Crippen MR) is 109 cm³/mol. The van der Waals surface area contributed by atoms with Crippen molar-refractivity contribution in [2.45, 2.75) is 25.2 Å². The second-order valence-electron chi connectivity index (χ2n) is 6.17. The fourth-order valence-corrected chi connectivity index (χ4v) is 2.98. The summed E-state index contributed by atoms with van der Waals surface area (Å²) >= 11 is 11.9. The number of alkyl carbamates (subject to hydrolysis) is 1. The number of carbonyl (C=O) groups excluding carboxylic acids is 2. The summed E-state index contributed by atoms with van der Waals surface area (Å²) < 4.78 is 10.0. The number of carboxylic acid groups (broad SMARTS) is 1. The largest absolute Gasteiger partial charge is 0.481 e. The Kier molecular flexibility index (Phi) is 8.91. The molecule has 1 unspecified atom stereocenters. The molecule has 0 radical (unpaired) electrons. The van der Waals surface area contributed by atoms with E-state index in [-0.39, 0.29) is 22.2 Å². The van der Waals surface area contributed by atoms with Crippen LogP contribution in [0.2, 0.25) is 10.0 Å². The number of carboxylic acids is 1. The Labute approximate surface area is 182 Å². The molecule has 2 atom stereocenters. The lowest BCUT2D eigenvalue weighted by Crippen LogP contribution is -2.47. The Bertz CT molecular complexity index is 872. The van der Waals surface area contributed by atoms with Gasteiger partial charge in [-0.05, 0) is 17.7 Å². The lowest BCUT2D eigenvalue weighted by atomic mass is 10.1. The molecular formula is C20H19Cl2NO7. The minimum atomic E-state index is -1.52. The van der Waals surface area contributed by atoms with Crippen molar-refractivity contribution in [2.24, 2.45) is 0 Å². The van der Waals surface area contributed by atoms with E-state index in [9.17, 15) is 19.5 Å². The van der Waals surface area contributed by atoms with Gasteiger partial charge in [-0.15, -0.1) is 0 Å². The number of hydrogen-bond donors (Lipinski definition) is 3.